The largest absolute Gasteiger partial charge is 0.496 e. The molecule has 0 fully saturated rings. The average molecular weight is 476 g/mol. The zero-order valence-corrected chi connectivity index (χ0v) is 20.1. The minimum atomic E-state index is -3.55. The first-order valence-electron chi connectivity index (χ1n) is 10.3. The second-order valence-electron chi connectivity index (χ2n) is 6.95. The van der Waals surface area contributed by atoms with Crippen molar-refractivity contribution in [3.05, 3.63) is 60.2 Å². The number of nitrogens with one attached hydrogen (secondary N) is 2. The summed E-state index contributed by atoms with van der Waals surface area (Å²) in [5.74, 6) is 0.256. The van der Waals surface area contributed by atoms with Gasteiger partial charge in [-0.25, -0.2) is 8.42 Å². The van der Waals surface area contributed by atoms with Crippen LogP contribution in [0.1, 0.15) is 32.3 Å². The lowest BCUT2D eigenvalue weighted by molar-refractivity contribution is -0.115. The van der Waals surface area contributed by atoms with Crippen molar-refractivity contribution in [3.63, 3.8) is 0 Å². The lowest BCUT2D eigenvalue weighted by atomic mass is 10.2. The van der Waals surface area contributed by atoms with Gasteiger partial charge >= 0.3 is 0 Å². The molecule has 172 valence electrons. The van der Waals surface area contributed by atoms with Gasteiger partial charge in [0.25, 0.3) is 0 Å². The number of rotatable bonds is 10. The van der Waals surface area contributed by atoms with Gasteiger partial charge in [-0.3, -0.25) is 10.1 Å². The van der Waals surface area contributed by atoms with Gasteiger partial charge in [-0.15, -0.1) is 0 Å². The molecular weight excluding hydrogens is 446 g/mol. The molecule has 2 aromatic rings. The molecule has 32 heavy (non-hydrogen) atoms. The Kier molecular flexibility index (Phi) is 9.83. The number of nitrogens with zero attached hydrogens (tertiary/aromatic N) is 1. The van der Waals surface area contributed by atoms with Crippen LogP contribution < -0.4 is 15.4 Å². The van der Waals surface area contributed by atoms with Crippen LogP contribution in [0.3, 0.4) is 0 Å². The van der Waals surface area contributed by atoms with E-state index in [9.17, 15) is 13.2 Å². The third-order valence-corrected chi connectivity index (χ3v) is 6.60. The van der Waals surface area contributed by atoms with Crippen molar-refractivity contribution in [2.45, 2.75) is 31.6 Å². The van der Waals surface area contributed by atoms with Crippen LogP contribution in [-0.4, -0.2) is 43.9 Å². The number of para-hydroxylation sites is 1. The molecule has 0 saturated heterocycles. The zero-order chi connectivity index (χ0) is 23.6. The molecule has 0 atom stereocenters. The topological polar surface area (TPSA) is 87.7 Å². The standard InChI is InChI=1S/C23H29N3O4S2/c1-4-16-26(17-5-2)32(28,29)20-13-11-19(12-14-20)24-23(31)25-22(27)15-10-18-8-6-7-9-21(18)30-3/h6-15H,4-5,16-17H2,1-3H3,(H2,24,25,27,31). The number of carbonyl (C=O) groups excluding carboxylic acids is 1. The Labute approximate surface area is 195 Å². The Bertz CT molecular complexity index is 1050. The molecule has 0 unspecified atom stereocenters. The highest BCUT2D eigenvalue weighted by Crippen LogP contribution is 2.20. The fourth-order valence-electron chi connectivity index (χ4n) is 3.00. The Hall–Kier alpha value is -2.75. The van der Waals surface area contributed by atoms with Crippen molar-refractivity contribution < 1.29 is 17.9 Å². The number of benzene rings is 2. The molecule has 0 aromatic heterocycles. The van der Waals surface area contributed by atoms with Gasteiger partial charge in [0, 0.05) is 30.4 Å². The molecule has 0 aliphatic heterocycles. The molecule has 0 aliphatic carbocycles. The first-order valence-corrected chi connectivity index (χ1v) is 12.2. The van der Waals surface area contributed by atoms with Gasteiger partial charge in [-0.1, -0.05) is 32.0 Å². The Morgan fingerprint density at radius 2 is 1.69 bits per heavy atom. The van der Waals surface area contributed by atoms with Gasteiger partial charge < -0.3 is 10.1 Å². The number of hydrogen-bond donors (Lipinski definition) is 2. The lowest BCUT2D eigenvalue weighted by Gasteiger charge is -2.21. The lowest BCUT2D eigenvalue weighted by Crippen LogP contribution is -2.33. The molecule has 0 saturated carbocycles. The maximum Gasteiger partial charge on any atom is 0.250 e. The van der Waals surface area contributed by atoms with E-state index in [1.165, 1.54) is 22.5 Å². The summed E-state index contributed by atoms with van der Waals surface area (Å²) < 4.78 is 32.4. The van der Waals surface area contributed by atoms with E-state index in [1.54, 1.807) is 31.4 Å². The number of anilines is 1. The summed E-state index contributed by atoms with van der Waals surface area (Å²) in [6.07, 6.45) is 4.49. The third-order valence-electron chi connectivity index (χ3n) is 4.49. The molecule has 0 bridgehead atoms. The Morgan fingerprint density at radius 1 is 1.06 bits per heavy atom. The number of ether oxygens (including phenoxy) is 1. The quantitative estimate of drug-likeness (QED) is 0.398. The molecule has 1 amide bonds. The summed E-state index contributed by atoms with van der Waals surface area (Å²) in [5, 5.41) is 5.55. The number of methoxy groups -OCH3 is 1. The van der Waals surface area contributed by atoms with E-state index in [4.69, 9.17) is 17.0 Å². The van der Waals surface area contributed by atoms with Crippen molar-refractivity contribution in [3.8, 4) is 5.75 Å². The molecule has 0 heterocycles. The Morgan fingerprint density at radius 3 is 2.28 bits per heavy atom. The summed E-state index contributed by atoms with van der Waals surface area (Å²) in [6, 6.07) is 13.6. The van der Waals surface area contributed by atoms with Crippen LogP contribution in [0.15, 0.2) is 59.5 Å². The van der Waals surface area contributed by atoms with E-state index in [0.29, 0.717) is 24.5 Å². The average Bonchev–Trinajstić information content (AvgIpc) is 2.78. The maximum absolute atomic E-state index is 12.8. The monoisotopic (exact) mass is 475 g/mol. The van der Waals surface area contributed by atoms with Crippen LogP contribution in [0, 0.1) is 0 Å². The van der Waals surface area contributed by atoms with E-state index in [0.717, 1.165) is 18.4 Å². The molecular formula is C23H29N3O4S2. The predicted molar refractivity (Wildman–Crippen MR) is 132 cm³/mol. The zero-order valence-electron chi connectivity index (χ0n) is 18.5. The molecule has 9 heteroatoms. The normalized spacial score (nSPS) is 11.5. The van der Waals surface area contributed by atoms with E-state index >= 15 is 0 Å². The van der Waals surface area contributed by atoms with E-state index < -0.39 is 15.9 Å². The number of hydrogen-bond acceptors (Lipinski definition) is 5. The predicted octanol–water partition coefficient (Wildman–Crippen LogP) is 4.03. The van der Waals surface area contributed by atoms with Gasteiger partial charge in [0.05, 0.1) is 12.0 Å². The molecule has 7 nitrogen and oxygen atoms in total. The number of amides is 1. The fourth-order valence-corrected chi connectivity index (χ4v) is 4.84. The highest BCUT2D eigenvalue weighted by atomic mass is 32.2. The van der Waals surface area contributed by atoms with Crippen molar-refractivity contribution in [1.82, 2.24) is 9.62 Å². The summed E-state index contributed by atoms with van der Waals surface area (Å²) in [4.78, 5) is 12.4. The van der Waals surface area contributed by atoms with E-state index in [1.807, 2.05) is 32.0 Å². The summed E-state index contributed by atoms with van der Waals surface area (Å²) in [5.41, 5.74) is 1.33. The summed E-state index contributed by atoms with van der Waals surface area (Å²) in [6.45, 7) is 4.86. The fraction of sp³-hybridized carbons (Fsp3) is 0.304. The number of thiocarbonyl (C=S) groups is 1. The molecule has 0 aliphatic rings. The van der Waals surface area contributed by atoms with Gasteiger partial charge in [0.2, 0.25) is 15.9 Å². The van der Waals surface area contributed by atoms with Gasteiger partial charge in [-0.2, -0.15) is 4.31 Å². The highest BCUT2D eigenvalue weighted by molar-refractivity contribution is 7.89. The van der Waals surface area contributed by atoms with Gasteiger partial charge in [-0.05, 0) is 61.5 Å². The SMILES string of the molecule is CCCN(CCC)S(=O)(=O)c1ccc(NC(=S)NC(=O)C=Cc2ccccc2OC)cc1. The van der Waals surface area contributed by atoms with E-state index in [-0.39, 0.29) is 10.0 Å². The second-order valence-corrected chi connectivity index (χ2v) is 9.29. The van der Waals surface area contributed by atoms with Gasteiger partial charge in [0.15, 0.2) is 5.11 Å². The summed E-state index contributed by atoms with van der Waals surface area (Å²) >= 11 is 5.18. The van der Waals surface area contributed by atoms with Crippen molar-refractivity contribution in [2.24, 2.45) is 0 Å². The van der Waals surface area contributed by atoms with Crippen LogP contribution in [-0.2, 0) is 14.8 Å². The molecule has 2 aromatic carbocycles. The van der Waals surface area contributed by atoms with Crippen LogP contribution in [0.4, 0.5) is 5.69 Å². The highest BCUT2D eigenvalue weighted by Gasteiger charge is 2.22. The molecule has 2 N–H and O–H groups in total. The molecule has 0 spiro atoms. The van der Waals surface area contributed by atoms with Crippen molar-refractivity contribution in [1.29, 1.82) is 0 Å². The number of carbonyl (C=O) groups is 1. The van der Waals surface area contributed by atoms with Crippen LogP contribution in [0.5, 0.6) is 5.75 Å². The molecule has 0 radical (unpaired) electrons. The van der Waals surface area contributed by atoms with Crippen LogP contribution >= 0.6 is 12.2 Å². The second kappa shape index (κ2) is 12.3. The van der Waals surface area contributed by atoms with Crippen LogP contribution in [0.2, 0.25) is 0 Å². The smallest absolute Gasteiger partial charge is 0.250 e. The maximum atomic E-state index is 12.8. The minimum Gasteiger partial charge on any atom is -0.496 e. The number of sulfonamides is 1. The Balaban J connectivity index is 1.99. The van der Waals surface area contributed by atoms with Crippen molar-refractivity contribution in [2.75, 3.05) is 25.5 Å². The first-order chi connectivity index (χ1) is 15.3. The van der Waals surface area contributed by atoms with Crippen LogP contribution in [0.25, 0.3) is 6.08 Å². The first kappa shape index (κ1) is 25.5. The molecule has 2 rings (SSSR count). The minimum absolute atomic E-state index is 0.105. The van der Waals surface area contributed by atoms with E-state index in [2.05, 4.69) is 10.6 Å². The summed E-state index contributed by atoms with van der Waals surface area (Å²) in [7, 11) is -1.98. The third kappa shape index (κ3) is 7.15. The van der Waals surface area contributed by atoms with Gasteiger partial charge in [0.1, 0.15) is 5.75 Å². The van der Waals surface area contributed by atoms with Crippen molar-refractivity contribution >= 4 is 45.0 Å².